The molecular weight excluding hydrogens is 116 g/mol. The molecule has 0 bridgehead atoms. The molecule has 9 heavy (non-hydrogen) atoms. The van der Waals surface area contributed by atoms with Crippen LogP contribution in [0.5, 0.6) is 0 Å². The zero-order chi connectivity index (χ0) is 7.28. The monoisotopic (exact) mass is 131 g/mol. The van der Waals surface area contributed by atoms with Gasteiger partial charge in [0.25, 0.3) is 0 Å². The van der Waals surface area contributed by atoms with Gasteiger partial charge in [-0.05, 0) is 13.3 Å². The van der Waals surface area contributed by atoms with Crippen LogP contribution in [0.2, 0.25) is 0 Å². The van der Waals surface area contributed by atoms with Gasteiger partial charge in [-0.25, -0.2) is 0 Å². The standard InChI is InChI=1S/C7H15O2/c1-4-7(3)9-5-6(2)8/h6-7H,4-5H2,1-3H3/q-1. The molecule has 0 aromatic heterocycles. The third-order valence-corrected chi connectivity index (χ3v) is 1.19. The fourth-order valence-corrected chi connectivity index (χ4v) is 0.418. The second-order valence-electron chi connectivity index (χ2n) is 2.36. The predicted molar refractivity (Wildman–Crippen MR) is 35.2 cm³/mol. The van der Waals surface area contributed by atoms with Crippen molar-refractivity contribution in [1.29, 1.82) is 0 Å². The van der Waals surface area contributed by atoms with Gasteiger partial charge in [0.1, 0.15) is 0 Å². The molecule has 0 aromatic carbocycles. The summed E-state index contributed by atoms with van der Waals surface area (Å²) in [4.78, 5) is 0. The maximum Gasteiger partial charge on any atom is 0.0543 e. The molecule has 0 amide bonds. The lowest BCUT2D eigenvalue weighted by Gasteiger charge is -2.18. The molecule has 0 aliphatic carbocycles. The topological polar surface area (TPSA) is 32.3 Å². The van der Waals surface area contributed by atoms with Gasteiger partial charge in [-0.2, -0.15) is 0 Å². The highest BCUT2D eigenvalue weighted by atomic mass is 16.5. The van der Waals surface area contributed by atoms with Crippen molar-refractivity contribution in [3.63, 3.8) is 0 Å². The Bertz CT molecular complexity index is 61.9. The second kappa shape index (κ2) is 4.77. The van der Waals surface area contributed by atoms with Crippen LogP contribution in [0, 0.1) is 0 Å². The molecule has 0 fully saturated rings. The summed E-state index contributed by atoms with van der Waals surface area (Å²) in [6.07, 6.45) is 0.632. The highest BCUT2D eigenvalue weighted by Gasteiger charge is 1.95. The van der Waals surface area contributed by atoms with E-state index in [1.54, 1.807) is 6.92 Å². The van der Waals surface area contributed by atoms with Gasteiger partial charge in [0.05, 0.1) is 6.10 Å². The highest BCUT2D eigenvalue weighted by molar-refractivity contribution is 4.46. The van der Waals surface area contributed by atoms with Crippen molar-refractivity contribution in [2.45, 2.75) is 39.4 Å². The Kier molecular flexibility index (Phi) is 4.72. The molecule has 2 atom stereocenters. The van der Waals surface area contributed by atoms with Crippen molar-refractivity contribution in [2.24, 2.45) is 0 Å². The molecule has 0 aromatic rings. The maximum atomic E-state index is 10.4. The van der Waals surface area contributed by atoms with Crippen LogP contribution >= 0.6 is 0 Å². The van der Waals surface area contributed by atoms with Crippen LogP contribution < -0.4 is 5.11 Å². The van der Waals surface area contributed by atoms with Crippen molar-refractivity contribution in [1.82, 2.24) is 0 Å². The van der Waals surface area contributed by atoms with Crippen molar-refractivity contribution in [3.8, 4) is 0 Å². The molecule has 0 rings (SSSR count). The van der Waals surface area contributed by atoms with Crippen LogP contribution in [0.3, 0.4) is 0 Å². The minimum atomic E-state index is -0.584. The van der Waals surface area contributed by atoms with Gasteiger partial charge in [-0.15, -0.1) is 6.10 Å². The first-order chi connectivity index (χ1) is 4.16. The Morgan fingerprint density at radius 3 is 2.33 bits per heavy atom. The fraction of sp³-hybridized carbons (Fsp3) is 1.00. The van der Waals surface area contributed by atoms with E-state index in [9.17, 15) is 5.11 Å². The molecule has 0 spiro atoms. The first-order valence-corrected chi connectivity index (χ1v) is 3.44. The maximum absolute atomic E-state index is 10.4. The Hall–Kier alpha value is -0.0800. The zero-order valence-electron chi connectivity index (χ0n) is 6.39. The van der Waals surface area contributed by atoms with E-state index in [4.69, 9.17) is 4.74 Å². The van der Waals surface area contributed by atoms with Gasteiger partial charge >= 0.3 is 0 Å². The van der Waals surface area contributed by atoms with Gasteiger partial charge in [-0.1, -0.05) is 13.8 Å². The second-order valence-corrected chi connectivity index (χ2v) is 2.36. The summed E-state index contributed by atoms with van der Waals surface area (Å²) < 4.78 is 5.14. The smallest absolute Gasteiger partial charge is 0.0543 e. The third kappa shape index (κ3) is 5.80. The number of hydrogen-bond acceptors (Lipinski definition) is 2. The molecule has 0 heterocycles. The molecule has 56 valence electrons. The molecule has 0 saturated carbocycles. The van der Waals surface area contributed by atoms with Gasteiger partial charge in [0, 0.05) is 6.61 Å². The average molecular weight is 131 g/mol. The van der Waals surface area contributed by atoms with E-state index in [1.165, 1.54) is 0 Å². The summed E-state index contributed by atoms with van der Waals surface area (Å²) in [7, 11) is 0. The molecule has 2 nitrogen and oxygen atoms in total. The minimum absolute atomic E-state index is 0.237. The normalized spacial score (nSPS) is 17.3. The molecular formula is C7H15O2-. The van der Waals surface area contributed by atoms with Crippen LogP contribution in [0.1, 0.15) is 27.2 Å². The van der Waals surface area contributed by atoms with Crippen LogP contribution in [0.15, 0.2) is 0 Å². The SMILES string of the molecule is CCC(C)OCC(C)[O-]. The lowest BCUT2D eigenvalue weighted by Crippen LogP contribution is -2.28. The summed E-state index contributed by atoms with van der Waals surface area (Å²) in [5.74, 6) is 0. The number of ether oxygens (including phenoxy) is 1. The number of rotatable bonds is 4. The quantitative estimate of drug-likeness (QED) is 0.558. The van der Waals surface area contributed by atoms with E-state index in [-0.39, 0.29) is 6.10 Å². The number of hydrogen-bond donors (Lipinski definition) is 0. The van der Waals surface area contributed by atoms with Crippen molar-refractivity contribution in [2.75, 3.05) is 6.61 Å². The van der Waals surface area contributed by atoms with Gasteiger partial charge in [0.2, 0.25) is 0 Å². The molecule has 0 aliphatic rings. The zero-order valence-corrected chi connectivity index (χ0v) is 6.39. The van der Waals surface area contributed by atoms with E-state index in [0.29, 0.717) is 6.61 Å². The van der Waals surface area contributed by atoms with E-state index in [2.05, 4.69) is 0 Å². The van der Waals surface area contributed by atoms with Crippen LogP contribution in [-0.4, -0.2) is 18.8 Å². The molecule has 0 saturated heterocycles. The molecule has 2 unspecified atom stereocenters. The lowest BCUT2D eigenvalue weighted by atomic mass is 10.3. The summed E-state index contributed by atoms with van der Waals surface area (Å²) in [6, 6.07) is 0. The first kappa shape index (κ1) is 8.92. The Morgan fingerprint density at radius 1 is 1.44 bits per heavy atom. The first-order valence-electron chi connectivity index (χ1n) is 3.44. The van der Waals surface area contributed by atoms with E-state index in [1.807, 2.05) is 13.8 Å². The Labute approximate surface area is 56.8 Å². The predicted octanol–water partition coefficient (Wildman–Crippen LogP) is 0.550. The van der Waals surface area contributed by atoms with Gasteiger partial charge in [-0.3, -0.25) is 0 Å². The Morgan fingerprint density at radius 2 is 2.00 bits per heavy atom. The fourth-order valence-electron chi connectivity index (χ4n) is 0.418. The van der Waals surface area contributed by atoms with Gasteiger partial charge < -0.3 is 9.84 Å². The molecule has 0 N–H and O–H groups in total. The summed E-state index contributed by atoms with van der Waals surface area (Å²) in [5, 5.41) is 10.4. The van der Waals surface area contributed by atoms with E-state index < -0.39 is 6.10 Å². The Balaban J connectivity index is 3.06. The largest absolute Gasteiger partial charge is 0.851 e. The lowest BCUT2D eigenvalue weighted by molar-refractivity contribution is -0.422. The van der Waals surface area contributed by atoms with Crippen molar-refractivity contribution < 1.29 is 9.84 Å². The minimum Gasteiger partial charge on any atom is -0.851 e. The summed E-state index contributed by atoms with van der Waals surface area (Å²) in [6.45, 7) is 5.97. The highest BCUT2D eigenvalue weighted by Crippen LogP contribution is 1.95. The average Bonchev–Trinajstić information content (AvgIpc) is 1.83. The molecule has 2 heteroatoms. The van der Waals surface area contributed by atoms with Crippen molar-refractivity contribution in [3.05, 3.63) is 0 Å². The molecule has 0 radical (unpaired) electrons. The van der Waals surface area contributed by atoms with Gasteiger partial charge in [0.15, 0.2) is 0 Å². The molecule has 0 aliphatic heterocycles. The third-order valence-electron chi connectivity index (χ3n) is 1.19. The summed E-state index contributed by atoms with van der Waals surface area (Å²) >= 11 is 0. The van der Waals surface area contributed by atoms with Crippen molar-refractivity contribution >= 4 is 0 Å². The van der Waals surface area contributed by atoms with Crippen LogP contribution in [0.4, 0.5) is 0 Å². The van der Waals surface area contributed by atoms with E-state index in [0.717, 1.165) is 6.42 Å². The summed E-state index contributed by atoms with van der Waals surface area (Å²) in [5.41, 5.74) is 0. The van der Waals surface area contributed by atoms with Crippen LogP contribution in [0.25, 0.3) is 0 Å². The van der Waals surface area contributed by atoms with Crippen LogP contribution in [-0.2, 0) is 4.74 Å². The van der Waals surface area contributed by atoms with E-state index >= 15 is 0 Å².